The largest absolute Gasteiger partial charge is 0.358 e. The number of hydrogen-bond donors (Lipinski definition) is 1. The minimum absolute atomic E-state index is 0.580. The van der Waals surface area contributed by atoms with Gasteiger partial charge in [-0.2, -0.15) is 0 Å². The fraction of sp³-hybridized carbons (Fsp3) is 0.533. The summed E-state index contributed by atoms with van der Waals surface area (Å²) in [5, 5.41) is 4.28. The van der Waals surface area contributed by atoms with Crippen LogP contribution in [0.3, 0.4) is 0 Å². The second-order valence-electron chi connectivity index (χ2n) is 5.18. The van der Waals surface area contributed by atoms with Gasteiger partial charge >= 0.3 is 0 Å². The molecule has 1 aliphatic rings. The molecule has 1 N–H and O–H groups in total. The molecule has 0 spiro atoms. The molecule has 0 bridgehead atoms. The second-order valence-corrected chi connectivity index (χ2v) is 5.57. The topological polar surface area (TPSA) is 15.3 Å². The maximum Gasteiger partial charge on any atom is 0.169 e. The molecule has 2 rings (SSSR count). The number of benzene rings is 1. The number of aryl methyl sites for hydroxylation is 1. The van der Waals surface area contributed by atoms with E-state index in [0.29, 0.717) is 6.04 Å². The first-order chi connectivity index (χ1) is 8.66. The van der Waals surface area contributed by atoms with Gasteiger partial charge in [-0.3, -0.25) is 0 Å². The van der Waals surface area contributed by atoms with E-state index >= 15 is 0 Å². The molecule has 0 radical (unpaired) electrons. The summed E-state index contributed by atoms with van der Waals surface area (Å²) in [6, 6.07) is 9.18. The number of piperidine rings is 1. The predicted molar refractivity (Wildman–Crippen MR) is 80.6 cm³/mol. The molecule has 1 aromatic rings. The average Bonchev–Trinajstić information content (AvgIpc) is 2.38. The Morgan fingerprint density at radius 1 is 1.33 bits per heavy atom. The van der Waals surface area contributed by atoms with Gasteiger partial charge in [0.15, 0.2) is 5.11 Å². The molecular weight excluding hydrogens is 240 g/mol. The van der Waals surface area contributed by atoms with E-state index in [4.69, 9.17) is 12.2 Å². The van der Waals surface area contributed by atoms with E-state index < -0.39 is 0 Å². The van der Waals surface area contributed by atoms with Crippen LogP contribution in [0.5, 0.6) is 0 Å². The molecular formula is C15H22N2S. The summed E-state index contributed by atoms with van der Waals surface area (Å²) in [5.41, 5.74) is 2.58. The van der Waals surface area contributed by atoms with Gasteiger partial charge in [-0.05, 0) is 50.9 Å². The Labute approximate surface area is 115 Å². The van der Waals surface area contributed by atoms with Crippen LogP contribution in [-0.2, 0) is 6.54 Å². The first kappa shape index (κ1) is 13.3. The summed E-state index contributed by atoms with van der Waals surface area (Å²) in [6.45, 7) is 6.29. The molecule has 3 heteroatoms. The van der Waals surface area contributed by atoms with Crippen LogP contribution in [0, 0.1) is 6.92 Å². The minimum atomic E-state index is 0.580. The standard InChI is InChI=1S/C15H22N2S/c1-12-6-8-14(9-7-12)11-16-15(18)17-10-4-3-5-13(17)2/h6-9,13H,3-5,10-11H2,1-2H3,(H,16,18). The van der Waals surface area contributed by atoms with Gasteiger partial charge < -0.3 is 10.2 Å². The Kier molecular flexibility index (Phi) is 4.59. The molecule has 0 amide bonds. The van der Waals surface area contributed by atoms with Gasteiger partial charge in [-0.15, -0.1) is 0 Å². The molecule has 1 fully saturated rings. The van der Waals surface area contributed by atoms with Gasteiger partial charge in [0.25, 0.3) is 0 Å². The van der Waals surface area contributed by atoms with Crippen molar-refractivity contribution in [3.8, 4) is 0 Å². The van der Waals surface area contributed by atoms with Crippen molar-refractivity contribution >= 4 is 17.3 Å². The van der Waals surface area contributed by atoms with Crippen LogP contribution in [0.1, 0.15) is 37.3 Å². The molecule has 18 heavy (non-hydrogen) atoms. The Morgan fingerprint density at radius 3 is 2.72 bits per heavy atom. The molecule has 0 aliphatic carbocycles. The highest BCUT2D eigenvalue weighted by molar-refractivity contribution is 7.80. The second kappa shape index (κ2) is 6.19. The van der Waals surface area contributed by atoms with Crippen molar-refractivity contribution in [2.45, 2.75) is 45.7 Å². The van der Waals surface area contributed by atoms with E-state index in [9.17, 15) is 0 Å². The number of nitrogens with one attached hydrogen (secondary N) is 1. The Hall–Kier alpha value is -1.09. The SMILES string of the molecule is Cc1ccc(CNC(=S)N2CCCCC2C)cc1. The van der Waals surface area contributed by atoms with E-state index in [1.165, 1.54) is 30.4 Å². The molecule has 1 atom stereocenters. The molecule has 0 saturated carbocycles. The smallest absolute Gasteiger partial charge is 0.169 e. The Balaban J connectivity index is 1.85. The third-order valence-corrected chi connectivity index (χ3v) is 4.01. The lowest BCUT2D eigenvalue weighted by molar-refractivity contribution is 0.255. The maximum absolute atomic E-state index is 5.49. The Morgan fingerprint density at radius 2 is 2.06 bits per heavy atom. The van der Waals surface area contributed by atoms with Crippen molar-refractivity contribution in [3.63, 3.8) is 0 Å². The van der Waals surface area contributed by atoms with Crippen LogP contribution in [0.4, 0.5) is 0 Å². The maximum atomic E-state index is 5.49. The van der Waals surface area contributed by atoms with E-state index in [2.05, 4.69) is 48.3 Å². The highest BCUT2D eigenvalue weighted by Gasteiger charge is 2.20. The van der Waals surface area contributed by atoms with Crippen molar-refractivity contribution in [2.24, 2.45) is 0 Å². The highest BCUT2D eigenvalue weighted by Crippen LogP contribution is 2.16. The lowest BCUT2D eigenvalue weighted by Gasteiger charge is -2.35. The van der Waals surface area contributed by atoms with Crippen LogP contribution < -0.4 is 5.32 Å². The average molecular weight is 262 g/mol. The Bertz CT molecular complexity index is 399. The van der Waals surface area contributed by atoms with E-state index in [1.807, 2.05) is 0 Å². The van der Waals surface area contributed by atoms with Crippen LogP contribution in [0.15, 0.2) is 24.3 Å². The van der Waals surface area contributed by atoms with Crippen molar-refractivity contribution in [3.05, 3.63) is 35.4 Å². The van der Waals surface area contributed by atoms with Crippen LogP contribution in [-0.4, -0.2) is 22.6 Å². The molecule has 98 valence electrons. The molecule has 1 saturated heterocycles. The van der Waals surface area contributed by atoms with Crippen molar-refractivity contribution in [1.29, 1.82) is 0 Å². The molecule has 1 aliphatic heterocycles. The summed E-state index contributed by atoms with van der Waals surface area (Å²) < 4.78 is 0. The van der Waals surface area contributed by atoms with E-state index in [1.54, 1.807) is 0 Å². The quantitative estimate of drug-likeness (QED) is 0.824. The van der Waals surface area contributed by atoms with Crippen LogP contribution in [0.25, 0.3) is 0 Å². The zero-order chi connectivity index (χ0) is 13.0. The van der Waals surface area contributed by atoms with E-state index in [0.717, 1.165) is 18.2 Å². The minimum Gasteiger partial charge on any atom is -0.358 e. The van der Waals surface area contributed by atoms with Crippen LogP contribution in [0.2, 0.25) is 0 Å². The lowest BCUT2D eigenvalue weighted by Crippen LogP contribution is -2.47. The summed E-state index contributed by atoms with van der Waals surface area (Å²) in [7, 11) is 0. The number of rotatable bonds is 2. The number of hydrogen-bond acceptors (Lipinski definition) is 1. The monoisotopic (exact) mass is 262 g/mol. The van der Waals surface area contributed by atoms with Crippen molar-refractivity contribution in [1.82, 2.24) is 10.2 Å². The van der Waals surface area contributed by atoms with Crippen molar-refractivity contribution in [2.75, 3.05) is 6.54 Å². The summed E-state index contributed by atoms with van der Waals surface area (Å²) >= 11 is 5.49. The number of likely N-dealkylation sites (tertiary alicyclic amines) is 1. The molecule has 1 aromatic carbocycles. The van der Waals surface area contributed by atoms with E-state index in [-0.39, 0.29) is 0 Å². The third-order valence-electron chi connectivity index (χ3n) is 3.63. The zero-order valence-electron chi connectivity index (χ0n) is 11.3. The number of thiocarbonyl (C=S) groups is 1. The summed E-state index contributed by atoms with van der Waals surface area (Å²) in [5.74, 6) is 0. The fourth-order valence-corrected chi connectivity index (χ4v) is 2.73. The number of nitrogens with zero attached hydrogens (tertiary/aromatic N) is 1. The molecule has 1 unspecified atom stereocenters. The first-order valence-corrected chi connectivity index (χ1v) is 7.17. The van der Waals surface area contributed by atoms with Gasteiger partial charge in [-0.25, -0.2) is 0 Å². The zero-order valence-corrected chi connectivity index (χ0v) is 12.1. The first-order valence-electron chi connectivity index (χ1n) is 6.77. The molecule has 2 nitrogen and oxygen atoms in total. The lowest BCUT2D eigenvalue weighted by atomic mass is 10.0. The third kappa shape index (κ3) is 3.45. The van der Waals surface area contributed by atoms with Gasteiger partial charge in [0.1, 0.15) is 0 Å². The molecule has 0 aromatic heterocycles. The molecule has 1 heterocycles. The predicted octanol–water partition coefficient (Wildman–Crippen LogP) is 3.24. The highest BCUT2D eigenvalue weighted by atomic mass is 32.1. The van der Waals surface area contributed by atoms with Gasteiger partial charge in [0.05, 0.1) is 0 Å². The van der Waals surface area contributed by atoms with Gasteiger partial charge in [0.2, 0.25) is 0 Å². The normalized spacial score (nSPS) is 19.7. The van der Waals surface area contributed by atoms with Gasteiger partial charge in [0, 0.05) is 19.1 Å². The summed E-state index contributed by atoms with van der Waals surface area (Å²) in [6.07, 6.45) is 3.85. The van der Waals surface area contributed by atoms with Crippen molar-refractivity contribution < 1.29 is 0 Å². The fourth-order valence-electron chi connectivity index (χ4n) is 2.38. The van der Waals surface area contributed by atoms with Gasteiger partial charge in [-0.1, -0.05) is 29.8 Å². The van der Waals surface area contributed by atoms with Crippen LogP contribution >= 0.6 is 12.2 Å². The summed E-state index contributed by atoms with van der Waals surface area (Å²) in [4.78, 5) is 2.33.